The topological polar surface area (TPSA) is 131 Å². The Bertz CT molecular complexity index is 797. The first kappa shape index (κ1) is 20.1. The lowest BCUT2D eigenvalue weighted by atomic mass is 10.1. The fourth-order valence-corrected chi connectivity index (χ4v) is 4.18. The van der Waals surface area contributed by atoms with Gasteiger partial charge in [0.25, 0.3) is 0 Å². The zero-order valence-corrected chi connectivity index (χ0v) is 15.5. The van der Waals surface area contributed by atoms with Crippen LogP contribution in [-0.4, -0.2) is 32.0 Å². The van der Waals surface area contributed by atoms with Crippen LogP contribution < -0.4 is 15.9 Å². The van der Waals surface area contributed by atoms with Crippen molar-refractivity contribution in [2.45, 2.75) is 56.4 Å². The highest BCUT2D eigenvalue weighted by Crippen LogP contribution is 2.20. The molecular weight excluding hydrogens is 356 g/mol. The number of amides is 2. The van der Waals surface area contributed by atoms with Crippen LogP contribution >= 0.6 is 0 Å². The van der Waals surface area contributed by atoms with Gasteiger partial charge in [0.15, 0.2) is 0 Å². The van der Waals surface area contributed by atoms with E-state index in [0.717, 1.165) is 38.5 Å². The van der Waals surface area contributed by atoms with Gasteiger partial charge in [-0.05, 0) is 37.5 Å². The summed E-state index contributed by atoms with van der Waals surface area (Å²) < 4.78 is 28.1. The second-order valence-electron chi connectivity index (χ2n) is 6.34. The Morgan fingerprint density at radius 1 is 1.15 bits per heavy atom. The van der Waals surface area contributed by atoms with Crippen molar-refractivity contribution < 1.29 is 18.0 Å². The smallest absolute Gasteiger partial charge is 0.329 e. The fourth-order valence-electron chi connectivity index (χ4n) is 2.83. The third-order valence-electron chi connectivity index (χ3n) is 4.29. The minimum atomic E-state index is -3.64. The molecule has 0 radical (unpaired) electrons. The number of rotatable bonds is 5. The first-order valence-corrected chi connectivity index (χ1v) is 10.0. The molecule has 0 spiro atoms. The van der Waals surface area contributed by atoms with Crippen LogP contribution in [0.25, 0.3) is 0 Å². The predicted molar refractivity (Wildman–Crippen MR) is 97.8 cm³/mol. The van der Waals surface area contributed by atoms with E-state index in [1.54, 1.807) is 19.1 Å². The van der Waals surface area contributed by atoms with Crippen LogP contribution in [0.4, 0.5) is 0 Å². The highest BCUT2D eigenvalue weighted by atomic mass is 32.2. The van der Waals surface area contributed by atoms with Crippen LogP contribution in [0.15, 0.2) is 34.3 Å². The molecule has 1 fully saturated rings. The second kappa shape index (κ2) is 8.91. The van der Waals surface area contributed by atoms with Gasteiger partial charge < -0.3 is 5.73 Å². The summed E-state index contributed by atoms with van der Waals surface area (Å²) in [5.74, 6) is -2.19. The van der Waals surface area contributed by atoms with Crippen molar-refractivity contribution in [2.24, 2.45) is 10.8 Å². The molecule has 0 atom stereocenters. The molecule has 1 aromatic rings. The van der Waals surface area contributed by atoms with Gasteiger partial charge in [-0.1, -0.05) is 37.8 Å². The molecule has 0 aromatic heterocycles. The van der Waals surface area contributed by atoms with E-state index in [1.807, 2.05) is 5.43 Å². The molecule has 0 unspecified atom stereocenters. The number of carbonyl (C=O) groups excluding carboxylic acids is 2. The van der Waals surface area contributed by atoms with E-state index >= 15 is 0 Å². The van der Waals surface area contributed by atoms with E-state index in [1.165, 1.54) is 12.1 Å². The number of hydrogen-bond donors (Lipinski definition) is 3. The Labute approximate surface area is 153 Å². The number of nitrogens with zero attached hydrogens (tertiary/aromatic N) is 1. The molecule has 4 N–H and O–H groups in total. The quantitative estimate of drug-likeness (QED) is 0.304. The zero-order chi connectivity index (χ0) is 19.2. The Morgan fingerprint density at radius 3 is 2.42 bits per heavy atom. The summed E-state index contributed by atoms with van der Waals surface area (Å²) in [4.78, 5) is 22.0. The van der Waals surface area contributed by atoms with Crippen LogP contribution in [0.3, 0.4) is 0 Å². The number of sulfonamides is 1. The maximum atomic E-state index is 12.7. The summed E-state index contributed by atoms with van der Waals surface area (Å²) in [6.07, 6.45) is 6.02. The van der Waals surface area contributed by atoms with Gasteiger partial charge in [0.1, 0.15) is 0 Å². The number of primary amides is 1. The van der Waals surface area contributed by atoms with Gasteiger partial charge in [0.2, 0.25) is 10.0 Å². The molecule has 2 rings (SSSR count). The summed E-state index contributed by atoms with van der Waals surface area (Å²) in [5, 5.41) is 3.77. The predicted octanol–water partition coefficient (Wildman–Crippen LogP) is 1.01. The number of carbonyl (C=O) groups is 2. The van der Waals surface area contributed by atoms with Crippen molar-refractivity contribution >= 4 is 27.5 Å². The van der Waals surface area contributed by atoms with E-state index in [2.05, 4.69) is 9.82 Å². The van der Waals surface area contributed by atoms with Crippen molar-refractivity contribution in [3.05, 3.63) is 29.8 Å². The van der Waals surface area contributed by atoms with Crippen LogP contribution in [0, 0.1) is 0 Å². The molecule has 0 saturated heterocycles. The normalized spacial score (nSPS) is 16.7. The SMILES string of the molecule is C/C(=N/NC(=O)C(N)=O)c1cccc(S(=O)(=O)NC2CCCCCC2)c1. The summed E-state index contributed by atoms with van der Waals surface area (Å²) >= 11 is 0. The van der Waals surface area contributed by atoms with E-state index in [0.29, 0.717) is 11.3 Å². The first-order valence-electron chi connectivity index (χ1n) is 8.56. The molecule has 26 heavy (non-hydrogen) atoms. The molecule has 142 valence electrons. The Hall–Kier alpha value is -2.26. The average Bonchev–Trinajstić information content (AvgIpc) is 2.87. The van der Waals surface area contributed by atoms with Crippen molar-refractivity contribution in [1.29, 1.82) is 0 Å². The maximum Gasteiger partial charge on any atom is 0.329 e. The minimum Gasteiger partial charge on any atom is -0.361 e. The lowest BCUT2D eigenvalue weighted by Gasteiger charge is -2.16. The molecule has 0 bridgehead atoms. The van der Waals surface area contributed by atoms with E-state index in [9.17, 15) is 18.0 Å². The van der Waals surface area contributed by atoms with Crippen molar-refractivity contribution in [3.63, 3.8) is 0 Å². The van der Waals surface area contributed by atoms with Crippen molar-refractivity contribution in [2.75, 3.05) is 0 Å². The molecule has 1 aliphatic rings. The zero-order valence-electron chi connectivity index (χ0n) is 14.7. The summed E-state index contributed by atoms with van der Waals surface area (Å²) in [6, 6.07) is 6.22. The molecule has 0 heterocycles. The monoisotopic (exact) mass is 380 g/mol. The average molecular weight is 380 g/mol. The summed E-state index contributed by atoms with van der Waals surface area (Å²) in [5.41, 5.74) is 7.72. The second-order valence-corrected chi connectivity index (χ2v) is 8.05. The van der Waals surface area contributed by atoms with Gasteiger partial charge >= 0.3 is 11.8 Å². The molecule has 8 nitrogen and oxygen atoms in total. The van der Waals surface area contributed by atoms with Crippen LogP contribution in [0.5, 0.6) is 0 Å². The van der Waals surface area contributed by atoms with Gasteiger partial charge in [-0.2, -0.15) is 5.10 Å². The Kier molecular flexibility index (Phi) is 6.87. The number of nitrogens with two attached hydrogens (primary N) is 1. The number of hydrazone groups is 1. The fraction of sp³-hybridized carbons (Fsp3) is 0.471. The van der Waals surface area contributed by atoms with Gasteiger partial charge in [-0.25, -0.2) is 18.6 Å². The van der Waals surface area contributed by atoms with Crippen LogP contribution in [0.2, 0.25) is 0 Å². The van der Waals surface area contributed by atoms with Gasteiger partial charge in [-0.15, -0.1) is 0 Å². The highest BCUT2D eigenvalue weighted by Gasteiger charge is 2.21. The number of hydrogen-bond acceptors (Lipinski definition) is 5. The minimum absolute atomic E-state index is 0.0456. The van der Waals surface area contributed by atoms with Crippen molar-refractivity contribution in [3.8, 4) is 0 Å². The largest absolute Gasteiger partial charge is 0.361 e. The van der Waals surface area contributed by atoms with Crippen molar-refractivity contribution in [1.82, 2.24) is 10.1 Å². The third-order valence-corrected chi connectivity index (χ3v) is 5.81. The third kappa shape index (κ3) is 5.63. The molecule has 1 aliphatic carbocycles. The molecule has 9 heteroatoms. The standard InChI is InChI=1S/C17H24N4O4S/c1-12(19-20-17(23)16(18)22)13-7-6-10-15(11-13)26(24,25)21-14-8-4-2-3-5-9-14/h6-7,10-11,14,21H,2-5,8-9H2,1H3,(H2,18,22)(H,20,23)/b19-12-. The number of benzene rings is 1. The van der Waals surface area contributed by atoms with Crippen LogP contribution in [-0.2, 0) is 19.6 Å². The van der Waals surface area contributed by atoms with Crippen LogP contribution in [0.1, 0.15) is 51.0 Å². The van der Waals surface area contributed by atoms with Gasteiger partial charge in [0.05, 0.1) is 10.6 Å². The van der Waals surface area contributed by atoms with Gasteiger partial charge in [-0.3, -0.25) is 9.59 Å². The van der Waals surface area contributed by atoms with E-state index in [4.69, 9.17) is 5.73 Å². The van der Waals surface area contributed by atoms with Gasteiger partial charge in [0, 0.05) is 6.04 Å². The first-order chi connectivity index (χ1) is 12.3. The van der Waals surface area contributed by atoms with E-state index in [-0.39, 0.29) is 10.9 Å². The lowest BCUT2D eigenvalue weighted by molar-refractivity contribution is -0.137. The summed E-state index contributed by atoms with van der Waals surface area (Å²) in [7, 11) is -3.64. The molecule has 2 amide bonds. The number of nitrogens with one attached hydrogen (secondary N) is 2. The molecule has 1 aromatic carbocycles. The molecule has 1 saturated carbocycles. The Balaban J connectivity index is 2.15. The lowest BCUT2D eigenvalue weighted by Crippen LogP contribution is -2.34. The van der Waals surface area contributed by atoms with E-state index < -0.39 is 21.8 Å². The molecular formula is C17H24N4O4S. The molecule has 0 aliphatic heterocycles. The highest BCUT2D eigenvalue weighted by molar-refractivity contribution is 7.89. The Morgan fingerprint density at radius 2 is 1.81 bits per heavy atom. The maximum absolute atomic E-state index is 12.7. The summed E-state index contributed by atoms with van der Waals surface area (Å²) in [6.45, 7) is 1.59.